The molecule has 6 aromatic rings. The Morgan fingerprint density at radius 1 is 0.881 bits per heavy atom. The van der Waals surface area contributed by atoms with Gasteiger partial charge in [-0.15, -0.1) is 0 Å². The van der Waals surface area contributed by atoms with E-state index in [-0.39, 0.29) is 0 Å². The SMILES string of the molecule is CN1C2CCC1CC(Nc1cc(-n3c4ccccc4c4c(-c5cnc6ccccc6c5)cccc43)ccc1C(N)=O)C2. The third kappa shape index (κ3) is 3.97. The van der Waals surface area contributed by atoms with Crippen molar-refractivity contribution >= 4 is 44.3 Å². The number of hydrogen-bond donors (Lipinski definition) is 2. The number of carbonyl (C=O) groups is 1. The Morgan fingerprint density at radius 3 is 2.48 bits per heavy atom. The largest absolute Gasteiger partial charge is 0.381 e. The third-order valence-electron chi connectivity index (χ3n) is 9.58. The van der Waals surface area contributed by atoms with Crippen molar-refractivity contribution in [1.29, 1.82) is 0 Å². The van der Waals surface area contributed by atoms with Crippen LogP contribution in [0.5, 0.6) is 0 Å². The summed E-state index contributed by atoms with van der Waals surface area (Å²) in [4.78, 5) is 19.8. The number of fused-ring (bicyclic) bond motifs is 6. The van der Waals surface area contributed by atoms with Gasteiger partial charge in [-0.2, -0.15) is 0 Å². The fourth-order valence-corrected chi connectivity index (χ4v) is 7.51. The molecule has 2 atom stereocenters. The Labute approximate surface area is 244 Å². The van der Waals surface area contributed by atoms with Gasteiger partial charge in [-0.05, 0) is 80.8 Å². The predicted molar refractivity (Wildman–Crippen MR) is 171 cm³/mol. The second-order valence-corrected chi connectivity index (χ2v) is 11.9. The van der Waals surface area contributed by atoms with E-state index in [2.05, 4.69) is 88.6 Å². The van der Waals surface area contributed by atoms with Crippen molar-refractivity contribution < 1.29 is 4.79 Å². The standard InChI is InChI=1S/C36H33N5O/c1-40-25-13-14-26(40)19-24(18-25)39-32-20-27(15-16-29(32)36(37)42)41-33-11-5-3-8-30(33)35-28(9-6-12-34(35)41)23-17-22-7-2-4-10-31(22)38-21-23/h2-12,15-17,20-21,24-26,39H,13-14,18-19H2,1H3,(H2,37,42). The number of aromatic nitrogens is 2. The van der Waals surface area contributed by atoms with E-state index in [0.29, 0.717) is 23.7 Å². The van der Waals surface area contributed by atoms with Gasteiger partial charge in [0.25, 0.3) is 5.91 Å². The lowest BCUT2D eigenvalue weighted by molar-refractivity contribution is 0.100. The zero-order chi connectivity index (χ0) is 28.4. The van der Waals surface area contributed by atoms with Gasteiger partial charge in [0.05, 0.1) is 22.1 Å². The van der Waals surface area contributed by atoms with Gasteiger partial charge in [-0.1, -0.05) is 48.5 Å². The number of nitrogens with two attached hydrogens (primary N) is 1. The molecular formula is C36H33N5O. The zero-order valence-corrected chi connectivity index (χ0v) is 23.6. The summed E-state index contributed by atoms with van der Waals surface area (Å²) in [6, 6.07) is 33.0. The highest BCUT2D eigenvalue weighted by molar-refractivity contribution is 6.16. The van der Waals surface area contributed by atoms with Crippen molar-refractivity contribution in [3.63, 3.8) is 0 Å². The average Bonchev–Trinajstić information content (AvgIpc) is 3.44. The molecule has 8 rings (SSSR count). The van der Waals surface area contributed by atoms with Gasteiger partial charge in [0.1, 0.15) is 0 Å². The summed E-state index contributed by atoms with van der Waals surface area (Å²) in [6.07, 6.45) is 6.63. The summed E-state index contributed by atoms with van der Waals surface area (Å²) in [5.41, 5.74) is 13.7. The van der Waals surface area contributed by atoms with E-state index in [1.807, 2.05) is 30.5 Å². The van der Waals surface area contributed by atoms with E-state index in [0.717, 1.165) is 57.3 Å². The number of carbonyl (C=O) groups excluding carboxylic acids is 1. The van der Waals surface area contributed by atoms with Crippen molar-refractivity contribution in [1.82, 2.24) is 14.5 Å². The van der Waals surface area contributed by atoms with E-state index >= 15 is 0 Å². The zero-order valence-electron chi connectivity index (χ0n) is 23.6. The highest BCUT2D eigenvalue weighted by atomic mass is 16.1. The van der Waals surface area contributed by atoms with Gasteiger partial charge in [-0.3, -0.25) is 9.78 Å². The Balaban J connectivity index is 1.28. The molecule has 2 bridgehead atoms. The smallest absolute Gasteiger partial charge is 0.250 e. The number of pyridine rings is 1. The van der Waals surface area contributed by atoms with E-state index in [1.165, 1.54) is 23.6 Å². The number of piperidine rings is 1. The third-order valence-corrected chi connectivity index (χ3v) is 9.58. The molecule has 42 heavy (non-hydrogen) atoms. The highest BCUT2D eigenvalue weighted by Crippen LogP contribution is 2.40. The number of nitrogens with one attached hydrogen (secondary N) is 1. The lowest BCUT2D eigenvalue weighted by atomic mass is 9.97. The minimum atomic E-state index is -0.409. The van der Waals surface area contributed by atoms with Crippen LogP contribution in [0.15, 0.2) is 97.2 Å². The fourth-order valence-electron chi connectivity index (χ4n) is 7.51. The van der Waals surface area contributed by atoms with Crippen LogP contribution in [-0.4, -0.2) is 45.5 Å². The topological polar surface area (TPSA) is 76.2 Å². The number of anilines is 1. The molecule has 0 spiro atoms. The Morgan fingerprint density at radius 2 is 1.64 bits per heavy atom. The molecule has 1 amide bonds. The lowest BCUT2D eigenvalue weighted by Gasteiger charge is -2.37. The molecular weight excluding hydrogens is 518 g/mol. The van der Waals surface area contributed by atoms with Crippen molar-refractivity contribution in [2.45, 2.75) is 43.8 Å². The van der Waals surface area contributed by atoms with Gasteiger partial charge in [0.15, 0.2) is 0 Å². The van der Waals surface area contributed by atoms with Gasteiger partial charge in [0.2, 0.25) is 0 Å². The molecule has 2 unspecified atom stereocenters. The summed E-state index contributed by atoms with van der Waals surface area (Å²) in [5.74, 6) is -0.409. The second-order valence-electron chi connectivity index (χ2n) is 11.9. The number of benzene rings is 4. The fraction of sp³-hybridized carbons (Fsp3) is 0.222. The summed E-state index contributed by atoms with van der Waals surface area (Å²) in [6.45, 7) is 0. The molecule has 2 fully saturated rings. The maximum atomic E-state index is 12.5. The minimum Gasteiger partial charge on any atom is -0.381 e. The number of nitrogens with zero attached hydrogens (tertiary/aromatic N) is 3. The van der Waals surface area contributed by atoms with Crippen molar-refractivity contribution in [3.8, 4) is 16.8 Å². The number of primary amides is 1. The van der Waals surface area contributed by atoms with Crippen LogP contribution in [0.4, 0.5) is 5.69 Å². The molecule has 4 heterocycles. The molecule has 208 valence electrons. The number of rotatable bonds is 5. The van der Waals surface area contributed by atoms with Gasteiger partial charge >= 0.3 is 0 Å². The van der Waals surface area contributed by atoms with E-state index in [4.69, 9.17) is 10.7 Å². The summed E-state index contributed by atoms with van der Waals surface area (Å²) in [7, 11) is 2.25. The van der Waals surface area contributed by atoms with Crippen molar-refractivity contribution in [2.24, 2.45) is 5.73 Å². The molecule has 2 saturated heterocycles. The van der Waals surface area contributed by atoms with Gasteiger partial charge < -0.3 is 20.5 Å². The van der Waals surface area contributed by atoms with Crippen LogP contribution >= 0.6 is 0 Å². The molecule has 0 radical (unpaired) electrons. The number of hydrogen-bond acceptors (Lipinski definition) is 4. The first-order valence-corrected chi connectivity index (χ1v) is 14.8. The summed E-state index contributed by atoms with van der Waals surface area (Å²) < 4.78 is 2.30. The molecule has 2 aliphatic rings. The van der Waals surface area contributed by atoms with Crippen LogP contribution in [0.2, 0.25) is 0 Å². The Kier molecular flexibility index (Phi) is 5.79. The van der Waals surface area contributed by atoms with Crippen LogP contribution in [0.25, 0.3) is 49.5 Å². The predicted octanol–water partition coefficient (Wildman–Crippen LogP) is 7.13. The van der Waals surface area contributed by atoms with Crippen LogP contribution in [0.1, 0.15) is 36.0 Å². The van der Waals surface area contributed by atoms with E-state index < -0.39 is 5.91 Å². The number of para-hydroxylation sites is 2. The minimum absolute atomic E-state index is 0.317. The summed E-state index contributed by atoms with van der Waals surface area (Å²) in [5, 5.41) is 7.24. The van der Waals surface area contributed by atoms with Gasteiger partial charge in [0, 0.05) is 57.4 Å². The molecule has 4 aromatic carbocycles. The maximum Gasteiger partial charge on any atom is 0.250 e. The van der Waals surface area contributed by atoms with Crippen LogP contribution in [-0.2, 0) is 0 Å². The Bertz CT molecular complexity index is 2000. The first kappa shape index (κ1) is 25.1. The molecule has 2 aromatic heterocycles. The van der Waals surface area contributed by atoms with Gasteiger partial charge in [-0.25, -0.2) is 0 Å². The highest BCUT2D eigenvalue weighted by Gasteiger charge is 2.38. The van der Waals surface area contributed by atoms with Crippen molar-refractivity contribution in [3.05, 3.63) is 103 Å². The van der Waals surface area contributed by atoms with Crippen LogP contribution in [0.3, 0.4) is 0 Å². The van der Waals surface area contributed by atoms with Crippen LogP contribution < -0.4 is 11.1 Å². The lowest BCUT2D eigenvalue weighted by Crippen LogP contribution is -2.44. The molecule has 2 aliphatic heterocycles. The Hall–Kier alpha value is -4.68. The van der Waals surface area contributed by atoms with Crippen molar-refractivity contribution in [2.75, 3.05) is 12.4 Å². The monoisotopic (exact) mass is 551 g/mol. The molecule has 0 aliphatic carbocycles. The molecule has 3 N–H and O–H groups in total. The number of amides is 1. The van der Waals surface area contributed by atoms with Crippen LogP contribution in [0, 0.1) is 0 Å². The van der Waals surface area contributed by atoms with E-state index in [9.17, 15) is 4.79 Å². The first-order valence-electron chi connectivity index (χ1n) is 14.8. The molecule has 6 heteroatoms. The second kappa shape index (κ2) is 9.71. The summed E-state index contributed by atoms with van der Waals surface area (Å²) >= 11 is 0. The average molecular weight is 552 g/mol. The molecule has 0 saturated carbocycles. The normalized spacial score (nSPS) is 20.5. The quantitative estimate of drug-likeness (QED) is 0.239. The van der Waals surface area contributed by atoms with E-state index in [1.54, 1.807) is 0 Å². The first-order chi connectivity index (χ1) is 20.5. The molecule has 6 nitrogen and oxygen atoms in total. The maximum absolute atomic E-state index is 12.5.